The molecule has 0 saturated heterocycles. The largest absolute Gasteiger partial charge is 0.389 e. The predicted molar refractivity (Wildman–Crippen MR) is 89.8 cm³/mol. The highest BCUT2D eigenvalue weighted by Gasteiger charge is 2.33. The van der Waals surface area contributed by atoms with E-state index < -0.39 is 0 Å². The van der Waals surface area contributed by atoms with Crippen LogP contribution in [-0.4, -0.2) is 18.1 Å². The van der Waals surface area contributed by atoms with Crippen molar-refractivity contribution < 1.29 is 0 Å². The number of hydrogen-bond donors (Lipinski definition) is 2. The van der Waals surface area contributed by atoms with E-state index in [1.165, 1.54) is 24.8 Å². The van der Waals surface area contributed by atoms with Crippen molar-refractivity contribution in [1.82, 2.24) is 10.6 Å². The lowest BCUT2D eigenvalue weighted by atomic mass is 9.71. The minimum absolute atomic E-state index is 0.536. The molecule has 1 fully saturated rings. The summed E-state index contributed by atoms with van der Waals surface area (Å²) in [5.41, 5.74) is 1.50. The SMILES string of the molecule is C/C(=C/NC(C)C)CC1CC(C)C(NC(C)C)C(C)C1. The highest BCUT2D eigenvalue weighted by atomic mass is 15.0. The molecule has 0 amide bonds. The van der Waals surface area contributed by atoms with Gasteiger partial charge in [-0.25, -0.2) is 0 Å². The van der Waals surface area contributed by atoms with Gasteiger partial charge in [-0.3, -0.25) is 0 Å². The minimum Gasteiger partial charge on any atom is -0.389 e. The third kappa shape index (κ3) is 5.87. The lowest BCUT2D eigenvalue weighted by Gasteiger charge is -2.41. The molecule has 2 nitrogen and oxygen atoms in total. The minimum atomic E-state index is 0.536. The van der Waals surface area contributed by atoms with Gasteiger partial charge in [0.15, 0.2) is 0 Å². The molecule has 2 unspecified atom stereocenters. The average molecular weight is 281 g/mol. The Morgan fingerprint density at radius 2 is 1.60 bits per heavy atom. The first-order valence-corrected chi connectivity index (χ1v) is 8.47. The fourth-order valence-corrected chi connectivity index (χ4v) is 3.71. The van der Waals surface area contributed by atoms with Gasteiger partial charge in [-0.2, -0.15) is 0 Å². The van der Waals surface area contributed by atoms with E-state index in [9.17, 15) is 0 Å². The molecule has 0 bridgehead atoms. The molecule has 1 aliphatic carbocycles. The van der Waals surface area contributed by atoms with Crippen LogP contribution in [0.2, 0.25) is 0 Å². The van der Waals surface area contributed by atoms with Crippen molar-refractivity contribution in [1.29, 1.82) is 0 Å². The first-order valence-electron chi connectivity index (χ1n) is 8.47. The fraction of sp³-hybridized carbons (Fsp3) is 0.889. The Bertz CT molecular complexity index is 295. The summed E-state index contributed by atoms with van der Waals surface area (Å²) in [5, 5.41) is 7.19. The number of hydrogen-bond acceptors (Lipinski definition) is 2. The molecule has 2 N–H and O–H groups in total. The van der Waals surface area contributed by atoms with Gasteiger partial charge in [0.25, 0.3) is 0 Å². The first kappa shape index (κ1) is 17.6. The molecule has 0 aromatic heterocycles. The molecular weight excluding hydrogens is 244 g/mol. The summed E-state index contributed by atoms with van der Waals surface area (Å²) in [7, 11) is 0. The maximum atomic E-state index is 3.77. The van der Waals surface area contributed by atoms with E-state index in [1.807, 2.05) is 0 Å². The van der Waals surface area contributed by atoms with Crippen LogP contribution in [0.15, 0.2) is 11.8 Å². The van der Waals surface area contributed by atoms with Gasteiger partial charge in [-0.15, -0.1) is 0 Å². The van der Waals surface area contributed by atoms with Crippen LogP contribution >= 0.6 is 0 Å². The van der Waals surface area contributed by atoms with Crippen molar-refractivity contribution in [3.8, 4) is 0 Å². The van der Waals surface area contributed by atoms with Crippen molar-refractivity contribution in [2.75, 3.05) is 0 Å². The topological polar surface area (TPSA) is 24.1 Å². The van der Waals surface area contributed by atoms with E-state index in [-0.39, 0.29) is 0 Å². The van der Waals surface area contributed by atoms with E-state index in [2.05, 4.69) is 65.3 Å². The molecule has 0 heterocycles. The molecule has 2 atom stereocenters. The van der Waals surface area contributed by atoms with Crippen molar-refractivity contribution in [2.45, 2.75) is 85.9 Å². The summed E-state index contributed by atoms with van der Waals surface area (Å²) in [5.74, 6) is 2.43. The Morgan fingerprint density at radius 1 is 1.05 bits per heavy atom. The van der Waals surface area contributed by atoms with E-state index in [0.29, 0.717) is 18.1 Å². The van der Waals surface area contributed by atoms with Crippen LogP contribution < -0.4 is 10.6 Å². The van der Waals surface area contributed by atoms with Crippen LogP contribution in [-0.2, 0) is 0 Å². The zero-order valence-electron chi connectivity index (χ0n) is 14.7. The molecule has 1 aliphatic rings. The summed E-state index contributed by atoms with van der Waals surface area (Å²) in [4.78, 5) is 0. The normalized spacial score (nSPS) is 31.9. The maximum Gasteiger partial charge on any atom is 0.0199 e. The molecule has 0 spiro atoms. The van der Waals surface area contributed by atoms with Crippen LogP contribution in [0.25, 0.3) is 0 Å². The molecule has 118 valence electrons. The molecule has 0 aliphatic heterocycles. The Morgan fingerprint density at radius 3 is 2.05 bits per heavy atom. The first-order chi connectivity index (χ1) is 9.29. The summed E-state index contributed by atoms with van der Waals surface area (Å²) in [6.07, 6.45) is 6.20. The quantitative estimate of drug-likeness (QED) is 0.757. The molecule has 1 rings (SSSR count). The molecule has 0 aromatic carbocycles. The van der Waals surface area contributed by atoms with Crippen molar-refractivity contribution >= 4 is 0 Å². The van der Waals surface area contributed by atoms with Crippen LogP contribution in [0.1, 0.15) is 67.7 Å². The smallest absolute Gasteiger partial charge is 0.0199 e. The van der Waals surface area contributed by atoms with Crippen molar-refractivity contribution in [3.63, 3.8) is 0 Å². The predicted octanol–water partition coefficient (Wildman–Crippen LogP) is 4.33. The van der Waals surface area contributed by atoms with Gasteiger partial charge >= 0.3 is 0 Å². The average Bonchev–Trinajstić information content (AvgIpc) is 2.31. The second-order valence-electron chi connectivity index (χ2n) is 7.66. The molecule has 1 saturated carbocycles. The molecule has 2 heteroatoms. The molecule has 20 heavy (non-hydrogen) atoms. The van der Waals surface area contributed by atoms with Gasteiger partial charge in [0.2, 0.25) is 0 Å². The molecular formula is C18H36N2. The van der Waals surface area contributed by atoms with Crippen LogP contribution in [0.5, 0.6) is 0 Å². The van der Waals surface area contributed by atoms with Gasteiger partial charge in [0.1, 0.15) is 0 Å². The summed E-state index contributed by atoms with van der Waals surface area (Å²) < 4.78 is 0. The fourth-order valence-electron chi connectivity index (χ4n) is 3.71. The Hall–Kier alpha value is -0.500. The third-order valence-corrected chi connectivity index (χ3v) is 4.44. The number of nitrogens with one attached hydrogen (secondary N) is 2. The van der Waals surface area contributed by atoms with Gasteiger partial charge < -0.3 is 10.6 Å². The second kappa shape index (κ2) is 8.07. The van der Waals surface area contributed by atoms with Crippen molar-refractivity contribution in [2.24, 2.45) is 17.8 Å². The lowest BCUT2D eigenvalue weighted by molar-refractivity contribution is 0.147. The summed E-state index contributed by atoms with van der Waals surface area (Å²) in [6.45, 7) is 16.0. The van der Waals surface area contributed by atoms with Gasteiger partial charge in [0.05, 0.1) is 0 Å². The summed E-state index contributed by atoms with van der Waals surface area (Å²) >= 11 is 0. The maximum absolute atomic E-state index is 3.77. The second-order valence-corrected chi connectivity index (χ2v) is 7.66. The Labute approximate surface area is 126 Å². The van der Waals surface area contributed by atoms with Crippen LogP contribution in [0, 0.1) is 17.8 Å². The molecule has 0 aromatic rings. The highest BCUT2D eigenvalue weighted by Crippen LogP contribution is 2.36. The van der Waals surface area contributed by atoms with Gasteiger partial charge in [0, 0.05) is 18.1 Å². The zero-order chi connectivity index (χ0) is 15.3. The van der Waals surface area contributed by atoms with Crippen molar-refractivity contribution in [3.05, 3.63) is 11.8 Å². The van der Waals surface area contributed by atoms with Gasteiger partial charge in [-0.05, 0) is 64.0 Å². The lowest BCUT2D eigenvalue weighted by Crippen LogP contribution is -2.47. The number of allylic oxidation sites excluding steroid dienone is 1. The van der Waals surface area contributed by atoms with Crippen LogP contribution in [0.3, 0.4) is 0 Å². The van der Waals surface area contributed by atoms with E-state index >= 15 is 0 Å². The monoisotopic (exact) mass is 280 g/mol. The number of rotatable bonds is 6. The van der Waals surface area contributed by atoms with E-state index in [4.69, 9.17) is 0 Å². The Balaban J connectivity index is 2.50. The third-order valence-electron chi connectivity index (χ3n) is 4.44. The standard InChI is InChI=1S/C18H36N2/c1-12(2)19-11-14(5)8-17-9-15(6)18(16(7)10-17)20-13(3)4/h11-13,15-20H,8-10H2,1-7H3/b14-11-. The summed E-state index contributed by atoms with van der Waals surface area (Å²) in [6, 6.07) is 1.83. The van der Waals surface area contributed by atoms with E-state index in [0.717, 1.165) is 17.8 Å². The van der Waals surface area contributed by atoms with Gasteiger partial charge in [-0.1, -0.05) is 33.3 Å². The van der Waals surface area contributed by atoms with E-state index in [1.54, 1.807) is 0 Å². The highest BCUT2D eigenvalue weighted by molar-refractivity contribution is 5.00. The molecule has 0 radical (unpaired) electrons. The Kier molecular flexibility index (Phi) is 7.08. The zero-order valence-corrected chi connectivity index (χ0v) is 14.7. The van der Waals surface area contributed by atoms with Crippen LogP contribution in [0.4, 0.5) is 0 Å².